The molecular weight excluding hydrogens is 623 g/mol. The van der Waals surface area contributed by atoms with Crippen LogP contribution in [0.5, 0.6) is 0 Å². The van der Waals surface area contributed by atoms with E-state index in [2.05, 4.69) is 9.88 Å². The molecule has 0 aliphatic carbocycles. The standard InChI is InChI=1S/C28H32F3N5O6S2/c1-2-42-27(38)34-11-13-35(14-12-34)44(39,40)21-8-6-20(7-9-21)25(37)36(15-10-33-16-18-41-19-17-33)26-32-24-22(28(29,30)31)4-3-5-23(24)43-26/h3-9H,2,10-19H2,1H3. The molecule has 0 bridgehead atoms. The monoisotopic (exact) mass is 655 g/mol. The Morgan fingerprint density at radius 3 is 2.34 bits per heavy atom. The van der Waals surface area contributed by atoms with Crippen molar-refractivity contribution in [1.82, 2.24) is 19.1 Å². The number of fused-ring (bicyclic) bond motifs is 1. The van der Waals surface area contributed by atoms with E-state index in [0.717, 1.165) is 17.4 Å². The summed E-state index contributed by atoms with van der Waals surface area (Å²) in [6.07, 6.45) is -5.10. The highest BCUT2D eigenvalue weighted by Crippen LogP contribution is 2.38. The van der Waals surface area contributed by atoms with E-state index in [9.17, 15) is 31.2 Å². The van der Waals surface area contributed by atoms with Crippen molar-refractivity contribution in [3.63, 3.8) is 0 Å². The Morgan fingerprint density at radius 1 is 1.02 bits per heavy atom. The molecule has 0 N–H and O–H groups in total. The third-order valence-corrected chi connectivity index (χ3v) is 10.4. The van der Waals surface area contributed by atoms with Gasteiger partial charge in [-0.3, -0.25) is 14.6 Å². The fraction of sp³-hybridized carbons (Fsp3) is 0.464. The topological polar surface area (TPSA) is 113 Å². The van der Waals surface area contributed by atoms with Crippen LogP contribution in [0.3, 0.4) is 0 Å². The maximum Gasteiger partial charge on any atom is 0.418 e. The summed E-state index contributed by atoms with van der Waals surface area (Å²) in [6, 6.07) is 9.24. The number of benzene rings is 2. The largest absolute Gasteiger partial charge is 0.450 e. The van der Waals surface area contributed by atoms with Gasteiger partial charge in [0.2, 0.25) is 10.0 Å². The molecule has 2 aliphatic rings. The number of alkyl halides is 3. The molecule has 2 fully saturated rings. The number of morpholine rings is 1. The lowest BCUT2D eigenvalue weighted by Crippen LogP contribution is -2.50. The summed E-state index contributed by atoms with van der Waals surface area (Å²) in [7, 11) is -3.90. The number of nitrogens with zero attached hydrogens (tertiary/aromatic N) is 5. The van der Waals surface area contributed by atoms with Crippen LogP contribution in [0.4, 0.5) is 23.1 Å². The molecule has 0 radical (unpaired) electrons. The molecule has 1 aromatic heterocycles. The minimum Gasteiger partial charge on any atom is -0.450 e. The number of hydrogen-bond donors (Lipinski definition) is 0. The highest BCUT2D eigenvalue weighted by Gasteiger charge is 2.35. The number of aromatic nitrogens is 1. The molecule has 5 rings (SSSR count). The van der Waals surface area contributed by atoms with E-state index in [1.807, 2.05) is 0 Å². The summed E-state index contributed by atoms with van der Waals surface area (Å²) < 4.78 is 79.6. The Bertz CT molecular complexity index is 1590. The Balaban J connectivity index is 1.37. The first-order valence-corrected chi connectivity index (χ1v) is 16.4. The molecular formula is C28H32F3N5O6S2. The van der Waals surface area contributed by atoms with Gasteiger partial charge in [-0.05, 0) is 43.3 Å². The predicted octanol–water partition coefficient (Wildman–Crippen LogP) is 3.76. The molecule has 16 heteroatoms. The number of rotatable bonds is 8. The minimum atomic E-state index is -4.61. The minimum absolute atomic E-state index is 0.0201. The lowest BCUT2D eigenvalue weighted by Gasteiger charge is -2.33. The fourth-order valence-electron chi connectivity index (χ4n) is 5.03. The molecule has 2 aliphatic heterocycles. The summed E-state index contributed by atoms with van der Waals surface area (Å²) in [5.74, 6) is -0.516. The van der Waals surface area contributed by atoms with E-state index in [-0.39, 0.29) is 60.4 Å². The number of para-hydroxylation sites is 1. The molecule has 238 valence electrons. The van der Waals surface area contributed by atoms with Gasteiger partial charge in [-0.15, -0.1) is 0 Å². The number of halogens is 3. The van der Waals surface area contributed by atoms with Crippen LogP contribution in [-0.2, 0) is 25.7 Å². The maximum absolute atomic E-state index is 13.8. The zero-order valence-corrected chi connectivity index (χ0v) is 25.6. The Labute approximate surface area is 256 Å². The molecule has 44 heavy (non-hydrogen) atoms. The predicted molar refractivity (Wildman–Crippen MR) is 157 cm³/mol. The average Bonchev–Trinajstić information content (AvgIpc) is 3.45. The molecule has 2 saturated heterocycles. The normalized spacial score (nSPS) is 17.1. The van der Waals surface area contributed by atoms with Gasteiger partial charge in [-0.2, -0.15) is 17.5 Å². The second-order valence-corrected chi connectivity index (χ2v) is 13.1. The van der Waals surface area contributed by atoms with E-state index in [4.69, 9.17) is 9.47 Å². The number of anilines is 1. The summed E-state index contributed by atoms with van der Waals surface area (Å²) in [4.78, 5) is 34.9. The number of amides is 2. The third-order valence-electron chi connectivity index (χ3n) is 7.44. The smallest absolute Gasteiger partial charge is 0.418 e. The van der Waals surface area contributed by atoms with Gasteiger partial charge in [-0.1, -0.05) is 17.4 Å². The lowest BCUT2D eigenvalue weighted by atomic mass is 10.2. The number of sulfonamides is 1. The summed E-state index contributed by atoms with van der Waals surface area (Å²) in [5.41, 5.74) is -0.947. The van der Waals surface area contributed by atoms with Gasteiger partial charge in [0.1, 0.15) is 0 Å². The molecule has 2 amide bonds. The van der Waals surface area contributed by atoms with Crippen molar-refractivity contribution in [2.75, 3.05) is 77.1 Å². The van der Waals surface area contributed by atoms with Gasteiger partial charge in [-0.25, -0.2) is 18.2 Å². The highest BCUT2D eigenvalue weighted by atomic mass is 32.2. The number of ether oxygens (including phenoxy) is 2. The second kappa shape index (κ2) is 13.4. The van der Waals surface area contributed by atoms with Crippen LogP contribution in [-0.4, -0.2) is 112 Å². The van der Waals surface area contributed by atoms with Crippen molar-refractivity contribution in [2.24, 2.45) is 0 Å². The van der Waals surface area contributed by atoms with E-state index in [0.29, 0.717) is 37.5 Å². The van der Waals surface area contributed by atoms with Gasteiger partial charge in [0.25, 0.3) is 5.91 Å². The van der Waals surface area contributed by atoms with Crippen molar-refractivity contribution in [2.45, 2.75) is 18.0 Å². The van der Waals surface area contributed by atoms with Crippen molar-refractivity contribution in [1.29, 1.82) is 0 Å². The lowest BCUT2D eigenvalue weighted by molar-refractivity contribution is -0.136. The van der Waals surface area contributed by atoms with Gasteiger partial charge in [0.05, 0.1) is 40.5 Å². The molecule has 2 aromatic carbocycles. The van der Waals surface area contributed by atoms with Crippen LogP contribution in [0.25, 0.3) is 10.2 Å². The van der Waals surface area contributed by atoms with Crippen LogP contribution in [0.15, 0.2) is 47.4 Å². The van der Waals surface area contributed by atoms with Gasteiger partial charge >= 0.3 is 12.3 Å². The zero-order chi connectivity index (χ0) is 31.5. The first kappa shape index (κ1) is 32.1. The Kier molecular flexibility index (Phi) is 9.74. The Hall–Kier alpha value is -3.31. The van der Waals surface area contributed by atoms with E-state index in [1.54, 1.807) is 6.92 Å². The van der Waals surface area contributed by atoms with Crippen LogP contribution >= 0.6 is 11.3 Å². The van der Waals surface area contributed by atoms with Crippen LogP contribution in [0.2, 0.25) is 0 Å². The number of carbonyl (C=O) groups is 2. The molecule has 0 atom stereocenters. The summed E-state index contributed by atoms with van der Waals surface area (Å²) in [5, 5.41) is 0.117. The van der Waals surface area contributed by atoms with Crippen molar-refractivity contribution >= 4 is 48.7 Å². The highest BCUT2D eigenvalue weighted by molar-refractivity contribution is 7.89. The first-order chi connectivity index (χ1) is 21.0. The van der Waals surface area contributed by atoms with Gasteiger partial charge in [0.15, 0.2) is 5.13 Å². The SMILES string of the molecule is CCOC(=O)N1CCN(S(=O)(=O)c2ccc(C(=O)N(CCN3CCOCC3)c3nc4c(C(F)(F)F)cccc4s3)cc2)CC1. The van der Waals surface area contributed by atoms with Gasteiger partial charge in [0, 0.05) is 57.9 Å². The van der Waals surface area contributed by atoms with Crippen molar-refractivity contribution in [3.8, 4) is 0 Å². The fourth-order valence-corrected chi connectivity index (χ4v) is 7.47. The molecule has 0 saturated carbocycles. The molecule has 0 unspecified atom stereocenters. The van der Waals surface area contributed by atoms with Crippen LogP contribution < -0.4 is 4.90 Å². The second-order valence-electron chi connectivity index (χ2n) is 10.2. The quantitative estimate of drug-likeness (QED) is 0.361. The van der Waals surface area contributed by atoms with Crippen LogP contribution in [0.1, 0.15) is 22.8 Å². The Morgan fingerprint density at radius 2 is 1.70 bits per heavy atom. The number of piperazine rings is 1. The average molecular weight is 656 g/mol. The van der Waals surface area contributed by atoms with E-state index >= 15 is 0 Å². The molecule has 3 aromatic rings. The van der Waals surface area contributed by atoms with Crippen molar-refractivity contribution in [3.05, 3.63) is 53.6 Å². The zero-order valence-electron chi connectivity index (χ0n) is 24.0. The molecule has 3 heterocycles. The number of carbonyl (C=O) groups excluding carboxylic acids is 2. The summed E-state index contributed by atoms with van der Waals surface area (Å²) >= 11 is 0.988. The van der Waals surface area contributed by atoms with E-state index < -0.39 is 33.8 Å². The van der Waals surface area contributed by atoms with Crippen LogP contribution in [0, 0.1) is 0 Å². The third kappa shape index (κ3) is 6.99. The first-order valence-electron chi connectivity index (χ1n) is 14.1. The van der Waals surface area contributed by atoms with Crippen molar-refractivity contribution < 1.29 is 40.7 Å². The number of thiazole rings is 1. The van der Waals surface area contributed by atoms with E-state index in [1.165, 1.54) is 50.5 Å². The maximum atomic E-state index is 13.8. The molecule has 11 nitrogen and oxygen atoms in total. The molecule has 0 spiro atoms. The number of hydrogen-bond acceptors (Lipinski definition) is 9. The summed E-state index contributed by atoms with van der Waals surface area (Å²) in [6.45, 7) is 5.46. The van der Waals surface area contributed by atoms with Gasteiger partial charge < -0.3 is 14.4 Å².